The monoisotopic (exact) mass is 181 g/mol. The predicted octanol–water partition coefficient (Wildman–Crippen LogP) is 2.05. The van der Waals surface area contributed by atoms with Gasteiger partial charge in [0.2, 0.25) is 0 Å². The summed E-state index contributed by atoms with van der Waals surface area (Å²) >= 11 is 4.41. The summed E-state index contributed by atoms with van der Waals surface area (Å²) in [5.41, 5.74) is 0. The SMILES string of the molecule is O=C(N=C=S)C1CC2CCC1C2. The molecule has 0 heterocycles. The molecule has 3 unspecified atom stereocenters. The van der Waals surface area contributed by atoms with E-state index in [4.69, 9.17) is 0 Å². The second-order valence-electron chi connectivity index (χ2n) is 3.82. The van der Waals surface area contributed by atoms with Crippen LogP contribution in [0, 0.1) is 17.8 Å². The fraction of sp³-hybridized carbons (Fsp3) is 0.778. The number of carbonyl (C=O) groups excluding carboxylic acids is 1. The molecule has 2 rings (SSSR count). The first-order valence-corrected chi connectivity index (χ1v) is 4.84. The van der Waals surface area contributed by atoms with Gasteiger partial charge in [0.1, 0.15) is 0 Å². The van der Waals surface area contributed by atoms with Gasteiger partial charge in [-0.25, -0.2) is 0 Å². The van der Waals surface area contributed by atoms with Crippen molar-refractivity contribution in [1.82, 2.24) is 0 Å². The third-order valence-electron chi connectivity index (χ3n) is 3.21. The summed E-state index contributed by atoms with van der Waals surface area (Å²) in [5, 5.41) is 2.16. The van der Waals surface area contributed by atoms with E-state index in [1.54, 1.807) is 0 Å². The molecule has 2 aliphatic rings. The van der Waals surface area contributed by atoms with E-state index in [0.29, 0.717) is 5.92 Å². The van der Waals surface area contributed by atoms with Crippen LogP contribution in [0.5, 0.6) is 0 Å². The van der Waals surface area contributed by atoms with E-state index in [2.05, 4.69) is 22.4 Å². The van der Waals surface area contributed by atoms with E-state index in [-0.39, 0.29) is 11.8 Å². The second-order valence-corrected chi connectivity index (χ2v) is 4.01. The van der Waals surface area contributed by atoms with Crippen LogP contribution in [0.3, 0.4) is 0 Å². The smallest absolute Gasteiger partial charge is 0.257 e. The summed E-state index contributed by atoms with van der Waals surface area (Å²) in [4.78, 5) is 14.9. The number of nitrogens with zero attached hydrogens (tertiary/aromatic N) is 1. The van der Waals surface area contributed by atoms with Crippen LogP contribution in [0.15, 0.2) is 4.99 Å². The van der Waals surface area contributed by atoms with Gasteiger partial charge in [0.25, 0.3) is 5.91 Å². The largest absolute Gasteiger partial charge is 0.272 e. The first kappa shape index (κ1) is 8.09. The van der Waals surface area contributed by atoms with Gasteiger partial charge in [0.05, 0.1) is 5.16 Å². The van der Waals surface area contributed by atoms with Gasteiger partial charge in [0.15, 0.2) is 0 Å². The van der Waals surface area contributed by atoms with E-state index >= 15 is 0 Å². The molecule has 2 bridgehead atoms. The molecule has 2 saturated carbocycles. The van der Waals surface area contributed by atoms with E-state index in [1.165, 1.54) is 19.3 Å². The lowest BCUT2D eigenvalue weighted by atomic mass is 9.88. The highest BCUT2D eigenvalue weighted by molar-refractivity contribution is 7.78. The molecule has 2 fully saturated rings. The molecule has 64 valence electrons. The summed E-state index contributed by atoms with van der Waals surface area (Å²) in [5.74, 6) is 1.55. The third-order valence-corrected chi connectivity index (χ3v) is 3.30. The first-order valence-electron chi connectivity index (χ1n) is 4.43. The Morgan fingerprint density at radius 3 is 2.75 bits per heavy atom. The summed E-state index contributed by atoms with van der Waals surface area (Å²) in [6.45, 7) is 0. The van der Waals surface area contributed by atoms with Crippen LogP contribution in [0.25, 0.3) is 0 Å². The number of aliphatic imine (C=N–C) groups is 1. The molecule has 0 aromatic rings. The molecule has 2 aliphatic carbocycles. The van der Waals surface area contributed by atoms with Gasteiger partial charge < -0.3 is 0 Å². The van der Waals surface area contributed by atoms with Crippen molar-refractivity contribution in [3.05, 3.63) is 0 Å². The van der Waals surface area contributed by atoms with E-state index in [9.17, 15) is 4.79 Å². The number of hydrogen-bond donors (Lipinski definition) is 0. The lowest BCUT2D eigenvalue weighted by molar-refractivity contribution is -0.122. The van der Waals surface area contributed by atoms with Crippen molar-refractivity contribution in [3.63, 3.8) is 0 Å². The molecular formula is C9H11NOS. The zero-order valence-electron chi connectivity index (χ0n) is 6.82. The number of isothiocyanates is 1. The minimum absolute atomic E-state index is 0.0304. The van der Waals surface area contributed by atoms with Gasteiger partial charge in [-0.3, -0.25) is 4.79 Å². The Morgan fingerprint density at radius 1 is 1.42 bits per heavy atom. The molecule has 0 spiro atoms. The molecule has 12 heavy (non-hydrogen) atoms. The number of rotatable bonds is 1. The predicted molar refractivity (Wildman–Crippen MR) is 49.0 cm³/mol. The molecule has 0 radical (unpaired) electrons. The lowest BCUT2D eigenvalue weighted by Crippen LogP contribution is -2.18. The molecule has 0 aromatic heterocycles. The highest BCUT2D eigenvalue weighted by atomic mass is 32.1. The molecule has 0 N–H and O–H groups in total. The minimum atomic E-state index is -0.0304. The normalized spacial score (nSPS) is 37.8. The van der Waals surface area contributed by atoms with Crippen molar-refractivity contribution in [2.24, 2.45) is 22.7 Å². The van der Waals surface area contributed by atoms with Crippen LogP contribution >= 0.6 is 12.2 Å². The number of carbonyl (C=O) groups is 1. The molecule has 0 aliphatic heterocycles. The highest BCUT2D eigenvalue weighted by Crippen LogP contribution is 2.48. The van der Waals surface area contributed by atoms with Gasteiger partial charge in [-0.05, 0) is 43.3 Å². The van der Waals surface area contributed by atoms with E-state index < -0.39 is 0 Å². The van der Waals surface area contributed by atoms with Crippen LogP contribution in [0.2, 0.25) is 0 Å². The van der Waals surface area contributed by atoms with Gasteiger partial charge in [-0.15, -0.1) is 0 Å². The molecular weight excluding hydrogens is 170 g/mol. The Bertz CT molecular complexity index is 257. The fourth-order valence-corrected chi connectivity index (χ4v) is 2.77. The maximum Gasteiger partial charge on any atom is 0.257 e. The molecule has 1 amide bonds. The topological polar surface area (TPSA) is 29.4 Å². The lowest BCUT2D eigenvalue weighted by Gasteiger charge is -2.16. The van der Waals surface area contributed by atoms with Crippen molar-refractivity contribution in [2.45, 2.75) is 25.7 Å². The highest BCUT2D eigenvalue weighted by Gasteiger charge is 2.42. The molecule has 2 nitrogen and oxygen atoms in total. The number of fused-ring (bicyclic) bond motifs is 2. The standard InChI is InChI=1S/C9H11NOS/c11-9(10-5-12)8-4-6-1-2-7(8)3-6/h6-8H,1-4H2. The second kappa shape index (κ2) is 3.08. The number of thiocarbonyl (C=S) groups is 1. The third kappa shape index (κ3) is 1.23. The first-order chi connectivity index (χ1) is 5.81. The van der Waals surface area contributed by atoms with Crippen LogP contribution in [-0.2, 0) is 4.79 Å². The summed E-state index contributed by atoms with van der Waals surface area (Å²) in [7, 11) is 0. The quantitative estimate of drug-likeness (QED) is 0.457. The Morgan fingerprint density at radius 2 is 2.25 bits per heavy atom. The van der Waals surface area contributed by atoms with Crippen LogP contribution in [0.1, 0.15) is 25.7 Å². The van der Waals surface area contributed by atoms with Crippen molar-refractivity contribution in [3.8, 4) is 0 Å². The van der Waals surface area contributed by atoms with Gasteiger partial charge in [-0.2, -0.15) is 4.99 Å². The Balaban J connectivity index is 2.07. The van der Waals surface area contributed by atoms with Crippen LogP contribution < -0.4 is 0 Å². The number of amides is 1. The van der Waals surface area contributed by atoms with Crippen LogP contribution in [0.4, 0.5) is 0 Å². The van der Waals surface area contributed by atoms with Crippen molar-refractivity contribution < 1.29 is 4.79 Å². The summed E-state index contributed by atoms with van der Waals surface area (Å²) in [6, 6.07) is 0. The maximum absolute atomic E-state index is 11.3. The minimum Gasteiger partial charge on any atom is -0.272 e. The summed E-state index contributed by atoms with van der Waals surface area (Å²) < 4.78 is 0. The van der Waals surface area contributed by atoms with Crippen molar-refractivity contribution >= 4 is 23.3 Å². The van der Waals surface area contributed by atoms with Crippen LogP contribution in [-0.4, -0.2) is 11.1 Å². The zero-order chi connectivity index (χ0) is 8.55. The summed E-state index contributed by atoms with van der Waals surface area (Å²) in [6.07, 6.45) is 4.82. The average Bonchev–Trinajstić information content (AvgIpc) is 2.64. The average molecular weight is 181 g/mol. The zero-order valence-corrected chi connectivity index (χ0v) is 7.64. The Labute approximate surface area is 77.1 Å². The van der Waals surface area contributed by atoms with E-state index in [1.807, 2.05) is 0 Å². The van der Waals surface area contributed by atoms with Gasteiger partial charge in [0, 0.05) is 5.92 Å². The Kier molecular flexibility index (Phi) is 2.07. The fourth-order valence-electron chi connectivity index (χ4n) is 2.68. The van der Waals surface area contributed by atoms with Gasteiger partial charge >= 0.3 is 0 Å². The molecule has 3 atom stereocenters. The molecule has 0 aromatic carbocycles. The van der Waals surface area contributed by atoms with Gasteiger partial charge in [-0.1, -0.05) is 6.42 Å². The number of hydrogen-bond acceptors (Lipinski definition) is 2. The van der Waals surface area contributed by atoms with E-state index in [0.717, 1.165) is 12.3 Å². The Hall–Kier alpha value is -0.530. The van der Waals surface area contributed by atoms with Crippen molar-refractivity contribution in [1.29, 1.82) is 0 Å². The molecule has 3 heteroatoms. The van der Waals surface area contributed by atoms with Crippen molar-refractivity contribution in [2.75, 3.05) is 0 Å². The maximum atomic E-state index is 11.3. The molecule has 0 saturated heterocycles.